The van der Waals surface area contributed by atoms with Crippen molar-refractivity contribution in [2.45, 2.75) is 24.9 Å². The van der Waals surface area contributed by atoms with Crippen LogP contribution in [0.1, 0.15) is 22.6 Å². The van der Waals surface area contributed by atoms with Crippen molar-refractivity contribution >= 4 is 0 Å². The van der Waals surface area contributed by atoms with Crippen LogP contribution in [0.25, 0.3) is 0 Å². The largest absolute Gasteiger partial charge is 0.496 e. The maximum atomic E-state index is 12.6. The van der Waals surface area contributed by atoms with Crippen molar-refractivity contribution in [2.75, 3.05) is 20.8 Å². The molecule has 1 aliphatic carbocycles. The van der Waals surface area contributed by atoms with Crippen molar-refractivity contribution in [3.63, 3.8) is 0 Å². The summed E-state index contributed by atoms with van der Waals surface area (Å²) in [5, 5.41) is 0. The van der Waals surface area contributed by atoms with Gasteiger partial charge in [0.25, 0.3) is 0 Å². The van der Waals surface area contributed by atoms with Gasteiger partial charge in [0.05, 0.1) is 20.6 Å². The van der Waals surface area contributed by atoms with E-state index < -0.39 is 12.6 Å². The average molecular weight is 275 g/mol. The third-order valence-corrected chi connectivity index (χ3v) is 3.42. The molecule has 0 bridgehead atoms. The lowest BCUT2D eigenvalue weighted by atomic mass is 9.75. The summed E-state index contributed by atoms with van der Waals surface area (Å²) >= 11 is 0. The molecule has 0 aliphatic heterocycles. The van der Waals surface area contributed by atoms with Gasteiger partial charge < -0.3 is 15.2 Å². The van der Waals surface area contributed by atoms with E-state index in [1.807, 2.05) is 0 Å². The van der Waals surface area contributed by atoms with E-state index in [0.29, 0.717) is 24.5 Å². The quantitative estimate of drug-likeness (QED) is 0.917. The molecule has 1 atom stereocenters. The monoisotopic (exact) mass is 275 g/mol. The summed E-state index contributed by atoms with van der Waals surface area (Å²) in [6, 6.07) is 1.41. The number of halogens is 3. The first-order valence-electron chi connectivity index (χ1n) is 5.94. The molecule has 0 aromatic heterocycles. The predicted molar refractivity (Wildman–Crippen MR) is 64.8 cm³/mol. The predicted octanol–water partition coefficient (Wildman–Crippen LogP) is 2.41. The molecule has 0 spiro atoms. The fraction of sp³-hybridized carbons (Fsp3) is 0.538. The Labute approximate surface area is 109 Å². The van der Waals surface area contributed by atoms with Crippen molar-refractivity contribution in [3.8, 4) is 11.5 Å². The van der Waals surface area contributed by atoms with Crippen LogP contribution < -0.4 is 15.2 Å². The molecule has 0 heterocycles. The Morgan fingerprint density at radius 1 is 1.32 bits per heavy atom. The highest BCUT2D eigenvalue weighted by Crippen LogP contribution is 2.48. The molecule has 106 valence electrons. The van der Waals surface area contributed by atoms with Crippen molar-refractivity contribution in [2.24, 2.45) is 5.73 Å². The van der Waals surface area contributed by atoms with Crippen molar-refractivity contribution < 1.29 is 22.6 Å². The molecule has 19 heavy (non-hydrogen) atoms. The van der Waals surface area contributed by atoms with Gasteiger partial charge in [-0.05, 0) is 19.0 Å². The van der Waals surface area contributed by atoms with Gasteiger partial charge in [-0.2, -0.15) is 13.2 Å². The maximum absolute atomic E-state index is 12.6. The SMILES string of the molecule is COc1cc(CC(F)(F)F)c(OC)c2c1C(CN)C2. The van der Waals surface area contributed by atoms with E-state index in [0.717, 1.165) is 11.1 Å². The van der Waals surface area contributed by atoms with Crippen LogP contribution in [-0.4, -0.2) is 26.9 Å². The second kappa shape index (κ2) is 4.92. The summed E-state index contributed by atoms with van der Waals surface area (Å²) in [5.41, 5.74) is 7.41. The molecule has 0 saturated carbocycles. The molecule has 2 rings (SSSR count). The summed E-state index contributed by atoms with van der Waals surface area (Å²) in [6.45, 7) is 0.450. The normalized spacial score (nSPS) is 17.7. The minimum Gasteiger partial charge on any atom is -0.496 e. The van der Waals surface area contributed by atoms with Crippen molar-refractivity contribution in [1.29, 1.82) is 0 Å². The van der Waals surface area contributed by atoms with E-state index in [9.17, 15) is 13.2 Å². The zero-order valence-corrected chi connectivity index (χ0v) is 10.8. The summed E-state index contributed by atoms with van der Waals surface area (Å²) in [7, 11) is 2.84. The molecule has 0 amide bonds. The average Bonchev–Trinajstić information content (AvgIpc) is 2.29. The zero-order chi connectivity index (χ0) is 14.2. The number of nitrogens with two attached hydrogens (primary N) is 1. The van der Waals surface area contributed by atoms with Crippen LogP contribution in [0.3, 0.4) is 0 Å². The van der Waals surface area contributed by atoms with Crippen LogP contribution in [0.4, 0.5) is 13.2 Å². The van der Waals surface area contributed by atoms with Gasteiger partial charge in [0, 0.05) is 22.6 Å². The summed E-state index contributed by atoms with van der Waals surface area (Å²) in [5.74, 6) is 0.924. The third kappa shape index (κ3) is 2.49. The Morgan fingerprint density at radius 2 is 2.00 bits per heavy atom. The summed E-state index contributed by atoms with van der Waals surface area (Å²) in [4.78, 5) is 0. The first-order valence-corrected chi connectivity index (χ1v) is 5.94. The minimum atomic E-state index is -4.27. The molecule has 1 aromatic rings. The molecule has 0 saturated heterocycles. The van der Waals surface area contributed by atoms with Gasteiger partial charge in [0.1, 0.15) is 11.5 Å². The summed E-state index contributed by atoms with van der Waals surface area (Å²) in [6.07, 6.45) is -4.66. The van der Waals surface area contributed by atoms with E-state index in [2.05, 4.69) is 0 Å². The number of alkyl halides is 3. The number of hydrogen-bond donors (Lipinski definition) is 1. The maximum Gasteiger partial charge on any atom is 0.393 e. The Morgan fingerprint density at radius 3 is 2.47 bits per heavy atom. The van der Waals surface area contributed by atoms with Gasteiger partial charge >= 0.3 is 6.18 Å². The molecular formula is C13H16F3NO2. The highest BCUT2D eigenvalue weighted by atomic mass is 19.4. The lowest BCUT2D eigenvalue weighted by molar-refractivity contribution is -0.127. The van der Waals surface area contributed by atoms with E-state index >= 15 is 0 Å². The highest BCUT2D eigenvalue weighted by molar-refractivity contribution is 5.61. The lowest BCUT2D eigenvalue weighted by Crippen LogP contribution is -2.27. The third-order valence-electron chi connectivity index (χ3n) is 3.42. The van der Waals surface area contributed by atoms with Crippen LogP contribution in [-0.2, 0) is 12.8 Å². The Hall–Kier alpha value is -1.43. The van der Waals surface area contributed by atoms with E-state index in [-0.39, 0.29) is 11.5 Å². The molecule has 1 unspecified atom stereocenters. The van der Waals surface area contributed by atoms with Gasteiger partial charge in [-0.15, -0.1) is 0 Å². The lowest BCUT2D eigenvalue weighted by Gasteiger charge is -2.33. The minimum absolute atomic E-state index is 0.112. The number of fused-ring (bicyclic) bond motifs is 1. The second-order valence-corrected chi connectivity index (χ2v) is 4.59. The first kappa shape index (κ1) is 14.0. The molecule has 0 radical (unpaired) electrons. The summed E-state index contributed by atoms with van der Waals surface area (Å²) < 4.78 is 48.0. The van der Waals surface area contributed by atoms with Crippen LogP contribution in [0.2, 0.25) is 0 Å². The molecule has 6 heteroatoms. The van der Waals surface area contributed by atoms with E-state index in [1.54, 1.807) is 0 Å². The van der Waals surface area contributed by atoms with Crippen LogP contribution in [0, 0.1) is 0 Å². The molecular weight excluding hydrogens is 259 g/mol. The second-order valence-electron chi connectivity index (χ2n) is 4.59. The van der Waals surface area contributed by atoms with Gasteiger partial charge in [-0.25, -0.2) is 0 Å². The van der Waals surface area contributed by atoms with E-state index in [1.165, 1.54) is 20.3 Å². The Balaban J connectivity index is 2.49. The van der Waals surface area contributed by atoms with E-state index in [4.69, 9.17) is 15.2 Å². The molecule has 1 aromatic carbocycles. The molecule has 3 nitrogen and oxygen atoms in total. The number of benzene rings is 1. The first-order chi connectivity index (χ1) is 8.91. The topological polar surface area (TPSA) is 44.5 Å². The Kier molecular flexibility index (Phi) is 3.62. The van der Waals surface area contributed by atoms with Gasteiger partial charge in [0.2, 0.25) is 0 Å². The molecule has 0 fully saturated rings. The molecule has 1 aliphatic rings. The zero-order valence-electron chi connectivity index (χ0n) is 10.8. The van der Waals surface area contributed by atoms with Crippen LogP contribution in [0.5, 0.6) is 11.5 Å². The molecule has 2 N–H and O–H groups in total. The Bertz CT molecular complexity index is 486. The van der Waals surface area contributed by atoms with Gasteiger partial charge in [0.15, 0.2) is 0 Å². The van der Waals surface area contributed by atoms with Gasteiger partial charge in [-0.1, -0.05) is 0 Å². The van der Waals surface area contributed by atoms with Gasteiger partial charge in [-0.3, -0.25) is 0 Å². The van der Waals surface area contributed by atoms with Crippen LogP contribution in [0.15, 0.2) is 6.07 Å². The number of methoxy groups -OCH3 is 2. The van der Waals surface area contributed by atoms with Crippen molar-refractivity contribution in [1.82, 2.24) is 0 Å². The fourth-order valence-corrected chi connectivity index (χ4v) is 2.61. The van der Waals surface area contributed by atoms with Crippen LogP contribution >= 0.6 is 0 Å². The number of rotatable bonds is 4. The highest BCUT2D eigenvalue weighted by Gasteiger charge is 2.37. The smallest absolute Gasteiger partial charge is 0.393 e. The standard InChI is InChI=1S/C13H16F3NO2/c1-18-10-4-7(5-13(14,15)16)12(19-2)9-3-8(6-17)11(9)10/h4,8H,3,5-6,17H2,1-2H3. The van der Waals surface area contributed by atoms with Crippen molar-refractivity contribution in [3.05, 3.63) is 22.8 Å². The fourth-order valence-electron chi connectivity index (χ4n) is 2.61. The number of ether oxygens (including phenoxy) is 2. The number of hydrogen-bond acceptors (Lipinski definition) is 3.